The van der Waals surface area contributed by atoms with Crippen LogP contribution in [0.3, 0.4) is 0 Å². The molecule has 5 nitrogen and oxygen atoms in total. The van der Waals surface area contributed by atoms with E-state index in [0.29, 0.717) is 5.56 Å². The van der Waals surface area contributed by atoms with E-state index < -0.39 is 0 Å². The fourth-order valence-electron chi connectivity index (χ4n) is 2.40. The molecule has 1 saturated carbocycles. The molecule has 1 aromatic rings. The molecule has 1 aliphatic rings. The van der Waals surface area contributed by atoms with Crippen molar-refractivity contribution in [3.8, 4) is 0 Å². The van der Waals surface area contributed by atoms with Crippen LogP contribution in [-0.2, 0) is 4.74 Å². The molecule has 0 radical (unpaired) electrons. The van der Waals surface area contributed by atoms with Crippen molar-refractivity contribution in [3.05, 3.63) is 22.3 Å². The molecule has 1 fully saturated rings. The standard InChI is InChI=1S/C13H18BrN3O2/c1-13(2)9(5-10(13)19-3)17-12(18)8-4-7(14)6-16-11(8)15/h4,6,9-10H,5H2,1-3H3,(H2,15,16)(H,17,18). The molecule has 0 bridgehead atoms. The number of amides is 1. The van der Waals surface area contributed by atoms with Gasteiger partial charge in [-0.15, -0.1) is 0 Å². The molecule has 2 unspecified atom stereocenters. The molecule has 6 heteroatoms. The fourth-order valence-corrected chi connectivity index (χ4v) is 2.73. The van der Waals surface area contributed by atoms with E-state index in [2.05, 4.69) is 40.1 Å². The minimum atomic E-state index is -0.195. The number of ether oxygens (including phenoxy) is 1. The van der Waals surface area contributed by atoms with Crippen LogP contribution in [0.1, 0.15) is 30.6 Å². The number of halogens is 1. The molecular weight excluding hydrogens is 310 g/mol. The van der Waals surface area contributed by atoms with Crippen molar-refractivity contribution in [2.75, 3.05) is 12.8 Å². The molecular formula is C13H18BrN3O2. The molecule has 0 saturated heterocycles. The number of hydrogen-bond donors (Lipinski definition) is 2. The summed E-state index contributed by atoms with van der Waals surface area (Å²) in [6.45, 7) is 4.16. The Morgan fingerprint density at radius 3 is 2.89 bits per heavy atom. The molecule has 1 heterocycles. The van der Waals surface area contributed by atoms with Crippen LogP contribution < -0.4 is 11.1 Å². The molecule has 0 aromatic carbocycles. The van der Waals surface area contributed by atoms with Gasteiger partial charge in [0.15, 0.2) is 0 Å². The highest BCUT2D eigenvalue weighted by Crippen LogP contribution is 2.42. The van der Waals surface area contributed by atoms with Gasteiger partial charge in [-0.05, 0) is 28.4 Å². The zero-order valence-electron chi connectivity index (χ0n) is 11.2. The van der Waals surface area contributed by atoms with Crippen LogP contribution in [0.2, 0.25) is 0 Å². The predicted octanol–water partition coefficient (Wildman–Crippen LogP) is 1.97. The summed E-state index contributed by atoms with van der Waals surface area (Å²) in [6.07, 6.45) is 2.56. The summed E-state index contributed by atoms with van der Waals surface area (Å²) in [5.41, 5.74) is 6.05. The topological polar surface area (TPSA) is 77.2 Å². The van der Waals surface area contributed by atoms with E-state index in [4.69, 9.17) is 10.5 Å². The van der Waals surface area contributed by atoms with E-state index in [1.807, 2.05) is 0 Å². The van der Waals surface area contributed by atoms with Crippen LogP contribution in [-0.4, -0.2) is 30.1 Å². The molecule has 104 valence electrons. The molecule has 2 rings (SSSR count). The number of pyridine rings is 1. The zero-order valence-corrected chi connectivity index (χ0v) is 12.8. The van der Waals surface area contributed by atoms with E-state index in [-0.39, 0.29) is 29.3 Å². The normalized spacial score (nSPS) is 24.6. The van der Waals surface area contributed by atoms with Gasteiger partial charge in [0.25, 0.3) is 5.91 Å². The number of carbonyl (C=O) groups excluding carboxylic acids is 1. The molecule has 1 aromatic heterocycles. The second-order valence-electron chi connectivity index (χ2n) is 5.39. The van der Waals surface area contributed by atoms with Crippen LogP contribution in [0.5, 0.6) is 0 Å². The smallest absolute Gasteiger partial charge is 0.255 e. The fraction of sp³-hybridized carbons (Fsp3) is 0.538. The van der Waals surface area contributed by atoms with Gasteiger partial charge in [-0.25, -0.2) is 4.98 Å². The summed E-state index contributed by atoms with van der Waals surface area (Å²) in [7, 11) is 1.70. The van der Waals surface area contributed by atoms with Crippen molar-refractivity contribution < 1.29 is 9.53 Å². The summed E-state index contributed by atoms with van der Waals surface area (Å²) in [6, 6.07) is 1.76. The van der Waals surface area contributed by atoms with Gasteiger partial charge in [0.1, 0.15) is 5.82 Å². The molecule has 19 heavy (non-hydrogen) atoms. The third-order valence-corrected chi connectivity index (χ3v) is 4.33. The Balaban J connectivity index is 2.09. The van der Waals surface area contributed by atoms with Gasteiger partial charge in [-0.1, -0.05) is 13.8 Å². The summed E-state index contributed by atoms with van der Waals surface area (Å²) in [4.78, 5) is 16.2. The number of carbonyl (C=O) groups is 1. The van der Waals surface area contributed by atoms with Crippen molar-refractivity contribution >= 4 is 27.7 Å². The van der Waals surface area contributed by atoms with Crippen molar-refractivity contribution in [1.82, 2.24) is 10.3 Å². The molecule has 3 N–H and O–H groups in total. The second kappa shape index (κ2) is 5.09. The highest BCUT2D eigenvalue weighted by Gasteiger charge is 2.49. The first kappa shape index (κ1) is 14.3. The summed E-state index contributed by atoms with van der Waals surface area (Å²) < 4.78 is 6.10. The quantitative estimate of drug-likeness (QED) is 0.889. The maximum absolute atomic E-state index is 12.2. The lowest BCUT2D eigenvalue weighted by molar-refractivity contribution is -0.0942. The van der Waals surface area contributed by atoms with Gasteiger partial charge in [0.05, 0.1) is 11.7 Å². The van der Waals surface area contributed by atoms with Crippen LogP contribution in [0.25, 0.3) is 0 Å². The molecule has 1 aliphatic carbocycles. The number of rotatable bonds is 3. The Labute approximate surface area is 121 Å². The van der Waals surface area contributed by atoms with E-state index in [1.54, 1.807) is 19.4 Å². The first-order chi connectivity index (χ1) is 8.86. The summed E-state index contributed by atoms with van der Waals surface area (Å²) in [5, 5.41) is 3.00. The zero-order chi connectivity index (χ0) is 14.2. The number of nitrogens with one attached hydrogen (secondary N) is 1. The Bertz CT molecular complexity index is 505. The predicted molar refractivity (Wildman–Crippen MR) is 76.8 cm³/mol. The van der Waals surface area contributed by atoms with Crippen molar-refractivity contribution in [3.63, 3.8) is 0 Å². The molecule has 2 atom stereocenters. The van der Waals surface area contributed by atoms with Crippen molar-refractivity contribution in [2.24, 2.45) is 5.41 Å². The second-order valence-corrected chi connectivity index (χ2v) is 6.31. The van der Waals surface area contributed by atoms with Gasteiger partial charge >= 0.3 is 0 Å². The van der Waals surface area contributed by atoms with E-state index in [1.165, 1.54) is 0 Å². The van der Waals surface area contributed by atoms with E-state index in [9.17, 15) is 4.79 Å². The highest BCUT2D eigenvalue weighted by atomic mass is 79.9. The van der Waals surface area contributed by atoms with Gasteiger partial charge in [0.2, 0.25) is 0 Å². The van der Waals surface area contributed by atoms with Gasteiger partial charge in [0, 0.05) is 29.2 Å². The number of nitrogens with two attached hydrogens (primary N) is 1. The maximum Gasteiger partial charge on any atom is 0.255 e. The lowest BCUT2D eigenvalue weighted by Gasteiger charge is -2.51. The number of nitrogen functional groups attached to an aromatic ring is 1. The van der Waals surface area contributed by atoms with Crippen LogP contribution in [0.15, 0.2) is 16.7 Å². The summed E-state index contributed by atoms with van der Waals surface area (Å²) in [5.74, 6) is 0.0417. The number of aromatic nitrogens is 1. The molecule has 1 amide bonds. The van der Waals surface area contributed by atoms with Gasteiger partial charge in [-0.3, -0.25) is 4.79 Å². The minimum absolute atomic E-state index is 0.0708. The van der Waals surface area contributed by atoms with Gasteiger partial charge < -0.3 is 15.8 Å². The van der Waals surface area contributed by atoms with Crippen LogP contribution >= 0.6 is 15.9 Å². The van der Waals surface area contributed by atoms with Crippen LogP contribution in [0.4, 0.5) is 5.82 Å². The number of anilines is 1. The first-order valence-corrected chi connectivity index (χ1v) is 6.90. The average molecular weight is 328 g/mol. The largest absolute Gasteiger partial charge is 0.383 e. The monoisotopic (exact) mass is 327 g/mol. The minimum Gasteiger partial charge on any atom is -0.383 e. The van der Waals surface area contributed by atoms with Crippen molar-refractivity contribution in [1.29, 1.82) is 0 Å². The number of nitrogens with zero attached hydrogens (tertiary/aromatic N) is 1. The Kier molecular flexibility index (Phi) is 3.82. The number of hydrogen-bond acceptors (Lipinski definition) is 4. The van der Waals surface area contributed by atoms with Crippen LogP contribution in [0, 0.1) is 5.41 Å². The molecule has 0 spiro atoms. The SMILES string of the molecule is COC1CC(NC(=O)c2cc(Br)cnc2N)C1(C)C. The Morgan fingerprint density at radius 2 is 2.32 bits per heavy atom. The summed E-state index contributed by atoms with van der Waals surface area (Å²) >= 11 is 3.29. The third-order valence-electron chi connectivity index (χ3n) is 3.90. The first-order valence-electron chi connectivity index (χ1n) is 6.11. The average Bonchev–Trinajstić information content (AvgIpc) is 2.36. The number of methoxy groups -OCH3 is 1. The maximum atomic E-state index is 12.2. The van der Waals surface area contributed by atoms with Gasteiger partial charge in [-0.2, -0.15) is 0 Å². The lowest BCUT2D eigenvalue weighted by atomic mass is 9.64. The van der Waals surface area contributed by atoms with Crippen molar-refractivity contribution in [2.45, 2.75) is 32.4 Å². The molecule has 0 aliphatic heterocycles. The Morgan fingerprint density at radius 1 is 1.63 bits per heavy atom. The Hall–Kier alpha value is -1.14. The third kappa shape index (κ3) is 2.60. The van der Waals surface area contributed by atoms with E-state index >= 15 is 0 Å². The lowest BCUT2D eigenvalue weighted by Crippen LogP contribution is -2.61. The van der Waals surface area contributed by atoms with E-state index in [0.717, 1.165) is 10.9 Å². The highest BCUT2D eigenvalue weighted by molar-refractivity contribution is 9.10.